The van der Waals surface area contributed by atoms with Gasteiger partial charge in [-0.05, 0) is 41.8 Å². The number of alkyl halides is 4. The molecule has 1 aromatic carbocycles. The second-order valence-electron chi connectivity index (χ2n) is 5.91. The van der Waals surface area contributed by atoms with Crippen LogP contribution in [0, 0.1) is 5.92 Å². The number of furan rings is 1. The van der Waals surface area contributed by atoms with E-state index in [1.807, 2.05) is 0 Å². The quantitative estimate of drug-likeness (QED) is 0.394. The molecule has 0 fully saturated rings. The lowest BCUT2D eigenvalue weighted by molar-refractivity contribution is -0.156. The van der Waals surface area contributed by atoms with Crippen molar-refractivity contribution in [3.05, 3.63) is 65.1 Å². The third-order valence-corrected chi connectivity index (χ3v) is 4.43. The third kappa shape index (κ3) is 5.62. The van der Waals surface area contributed by atoms with Crippen LogP contribution in [0.5, 0.6) is 0 Å². The average Bonchev–Trinajstić information content (AvgIpc) is 3.02. The van der Waals surface area contributed by atoms with Crippen molar-refractivity contribution in [3.8, 4) is 0 Å². The van der Waals surface area contributed by atoms with Crippen LogP contribution in [0.25, 0.3) is 5.57 Å². The van der Waals surface area contributed by atoms with E-state index in [0.717, 1.165) is 12.5 Å². The van der Waals surface area contributed by atoms with Crippen LogP contribution in [-0.2, 0) is 6.42 Å². The van der Waals surface area contributed by atoms with Crippen LogP contribution in [0.15, 0.2) is 46.9 Å². The fourth-order valence-corrected chi connectivity index (χ4v) is 2.98. The van der Waals surface area contributed by atoms with E-state index in [-0.39, 0.29) is 5.56 Å². The van der Waals surface area contributed by atoms with Crippen molar-refractivity contribution >= 4 is 34.1 Å². The number of benzene rings is 1. The SMILES string of the molecule is C[C@H](/C=C(\CCI)c1ccc(Cc2ccc(C(=O)O)cc2)o1)C(F)(F)F. The minimum atomic E-state index is -4.28. The molecule has 1 atom stereocenters. The van der Waals surface area contributed by atoms with Crippen LogP contribution in [0.2, 0.25) is 0 Å². The standard InChI is InChI=1S/C19H18F3IO3/c1-12(19(20,21)22)10-15(8-9-23)17-7-6-16(26-17)11-13-2-4-14(5-3-13)18(24)25/h2-7,10,12H,8-9,11H2,1H3,(H,24,25)/b15-10+/t12-/m1/s1. The molecule has 26 heavy (non-hydrogen) atoms. The summed E-state index contributed by atoms with van der Waals surface area (Å²) in [6.07, 6.45) is -2.14. The maximum absolute atomic E-state index is 12.8. The van der Waals surface area contributed by atoms with Crippen molar-refractivity contribution in [3.63, 3.8) is 0 Å². The fourth-order valence-electron chi connectivity index (χ4n) is 2.40. The molecule has 0 aliphatic carbocycles. The molecule has 0 saturated carbocycles. The Labute approximate surface area is 163 Å². The Hall–Kier alpha value is -1.77. The highest BCUT2D eigenvalue weighted by Gasteiger charge is 2.34. The highest BCUT2D eigenvalue weighted by atomic mass is 127. The lowest BCUT2D eigenvalue weighted by Crippen LogP contribution is -2.17. The van der Waals surface area contributed by atoms with Gasteiger partial charge in [0.1, 0.15) is 11.5 Å². The van der Waals surface area contributed by atoms with E-state index in [1.54, 1.807) is 24.3 Å². The maximum Gasteiger partial charge on any atom is 0.394 e. The van der Waals surface area contributed by atoms with Gasteiger partial charge >= 0.3 is 12.1 Å². The number of hydrogen-bond acceptors (Lipinski definition) is 2. The molecule has 0 spiro atoms. The van der Waals surface area contributed by atoms with Gasteiger partial charge in [-0.1, -0.05) is 47.7 Å². The summed E-state index contributed by atoms with van der Waals surface area (Å²) in [5.41, 5.74) is 1.60. The molecule has 1 N–H and O–H groups in total. The summed E-state index contributed by atoms with van der Waals surface area (Å²) in [6.45, 7) is 1.13. The monoisotopic (exact) mass is 478 g/mol. The van der Waals surface area contributed by atoms with Gasteiger partial charge < -0.3 is 9.52 Å². The van der Waals surface area contributed by atoms with Gasteiger partial charge in [0.25, 0.3) is 0 Å². The molecule has 0 unspecified atom stereocenters. The van der Waals surface area contributed by atoms with Gasteiger partial charge in [-0.3, -0.25) is 0 Å². The average molecular weight is 478 g/mol. The number of allylic oxidation sites excluding steroid dienone is 2. The van der Waals surface area contributed by atoms with E-state index in [4.69, 9.17) is 9.52 Å². The molecule has 140 valence electrons. The molecule has 7 heteroatoms. The molecule has 3 nitrogen and oxygen atoms in total. The van der Waals surface area contributed by atoms with Crippen LogP contribution >= 0.6 is 22.6 Å². The minimum Gasteiger partial charge on any atom is -0.478 e. The number of hydrogen-bond donors (Lipinski definition) is 1. The summed E-state index contributed by atoms with van der Waals surface area (Å²) >= 11 is 2.12. The highest BCUT2D eigenvalue weighted by Crippen LogP contribution is 2.31. The Morgan fingerprint density at radius 1 is 1.23 bits per heavy atom. The molecule has 2 aromatic rings. The maximum atomic E-state index is 12.8. The Morgan fingerprint density at radius 3 is 2.42 bits per heavy atom. The Bertz CT molecular complexity index is 776. The first-order chi connectivity index (χ1) is 12.2. The summed E-state index contributed by atoms with van der Waals surface area (Å²) < 4.78 is 44.9. The number of rotatable bonds is 7. The van der Waals surface area contributed by atoms with Crippen molar-refractivity contribution < 1.29 is 27.5 Å². The second kappa shape index (κ2) is 8.75. The molecule has 1 aromatic heterocycles. The van der Waals surface area contributed by atoms with Gasteiger partial charge in [0.05, 0.1) is 11.5 Å². The van der Waals surface area contributed by atoms with Crippen LogP contribution in [0.4, 0.5) is 13.2 Å². The summed E-state index contributed by atoms with van der Waals surface area (Å²) in [7, 11) is 0. The van der Waals surface area contributed by atoms with E-state index in [0.29, 0.717) is 34.4 Å². The molecule has 2 rings (SSSR count). The number of halogens is 4. The molecule has 0 aliphatic rings. The smallest absolute Gasteiger partial charge is 0.394 e. The van der Waals surface area contributed by atoms with Crippen molar-refractivity contribution in [1.82, 2.24) is 0 Å². The van der Waals surface area contributed by atoms with E-state index < -0.39 is 18.1 Å². The topological polar surface area (TPSA) is 50.4 Å². The normalized spacial score (nSPS) is 13.7. The molecule has 0 bridgehead atoms. The summed E-state index contributed by atoms with van der Waals surface area (Å²) in [5.74, 6) is -1.49. The first-order valence-corrected chi connectivity index (χ1v) is 9.48. The van der Waals surface area contributed by atoms with Crippen molar-refractivity contribution in [2.24, 2.45) is 5.92 Å². The van der Waals surface area contributed by atoms with Crippen LogP contribution in [-0.4, -0.2) is 21.7 Å². The van der Waals surface area contributed by atoms with Gasteiger partial charge in [0, 0.05) is 10.8 Å². The molecule has 0 radical (unpaired) electrons. The lowest BCUT2D eigenvalue weighted by atomic mass is 10.0. The molecular formula is C19H18F3IO3. The zero-order chi connectivity index (χ0) is 19.3. The molecule has 0 saturated heterocycles. The predicted octanol–water partition coefficient (Wildman–Crippen LogP) is 5.98. The Balaban J connectivity index is 2.18. The summed E-state index contributed by atoms with van der Waals surface area (Å²) in [4.78, 5) is 10.9. The number of carbonyl (C=O) groups is 1. The minimum absolute atomic E-state index is 0.197. The highest BCUT2D eigenvalue weighted by molar-refractivity contribution is 14.1. The number of aromatic carboxylic acids is 1. The van der Waals surface area contributed by atoms with Crippen molar-refractivity contribution in [1.29, 1.82) is 0 Å². The van der Waals surface area contributed by atoms with Gasteiger partial charge in [0.2, 0.25) is 0 Å². The van der Waals surface area contributed by atoms with E-state index in [9.17, 15) is 18.0 Å². The molecular weight excluding hydrogens is 460 g/mol. The third-order valence-electron chi connectivity index (χ3n) is 3.89. The largest absolute Gasteiger partial charge is 0.478 e. The lowest BCUT2D eigenvalue weighted by Gasteiger charge is -2.13. The molecule has 0 aliphatic heterocycles. The first kappa shape index (κ1) is 20.5. The second-order valence-corrected chi connectivity index (χ2v) is 6.98. The Morgan fingerprint density at radius 2 is 1.88 bits per heavy atom. The summed E-state index contributed by atoms with van der Waals surface area (Å²) in [5, 5.41) is 8.90. The van der Waals surface area contributed by atoms with Crippen molar-refractivity contribution in [2.75, 3.05) is 4.43 Å². The summed E-state index contributed by atoms with van der Waals surface area (Å²) in [6, 6.07) is 9.82. The zero-order valence-corrected chi connectivity index (χ0v) is 16.2. The molecule has 1 heterocycles. The van der Waals surface area contributed by atoms with Gasteiger partial charge in [-0.15, -0.1) is 0 Å². The Kier molecular flexibility index (Phi) is 6.91. The zero-order valence-electron chi connectivity index (χ0n) is 14.0. The van der Waals surface area contributed by atoms with Crippen LogP contribution in [0.1, 0.15) is 40.8 Å². The predicted molar refractivity (Wildman–Crippen MR) is 102 cm³/mol. The van der Waals surface area contributed by atoms with E-state index in [2.05, 4.69) is 22.6 Å². The van der Waals surface area contributed by atoms with Crippen molar-refractivity contribution in [2.45, 2.75) is 25.9 Å². The van der Waals surface area contributed by atoms with E-state index in [1.165, 1.54) is 18.2 Å². The van der Waals surface area contributed by atoms with Gasteiger partial charge in [0.15, 0.2) is 0 Å². The fraction of sp³-hybridized carbons (Fsp3) is 0.316. The van der Waals surface area contributed by atoms with Crippen LogP contribution < -0.4 is 0 Å². The molecule has 0 amide bonds. The van der Waals surface area contributed by atoms with Gasteiger partial charge in [-0.2, -0.15) is 13.2 Å². The van der Waals surface area contributed by atoms with Crippen LogP contribution in [0.3, 0.4) is 0 Å². The number of carboxylic acid groups (broad SMARTS) is 1. The van der Waals surface area contributed by atoms with E-state index >= 15 is 0 Å². The number of carboxylic acids is 1. The van der Waals surface area contributed by atoms with Gasteiger partial charge in [-0.25, -0.2) is 4.79 Å². The first-order valence-electron chi connectivity index (χ1n) is 7.95.